The van der Waals surface area contributed by atoms with E-state index < -0.39 is 11.7 Å². The molecule has 0 saturated heterocycles. The van der Waals surface area contributed by atoms with Crippen molar-refractivity contribution >= 4 is 11.3 Å². The van der Waals surface area contributed by atoms with Gasteiger partial charge in [0.1, 0.15) is 11.4 Å². The van der Waals surface area contributed by atoms with Crippen molar-refractivity contribution in [1.82, 2.24) is 9.38 Å². The number of ether oxygens (including phenoxy) is 1. The van der Waals surface area contributed by atoms with Gasteiger partial charge in [0, 0.05) is 23.5 Å². The van der Waals surface area contributed by atoms with E-state index in [0.29, 0.717) is 22.7 Å². The van der Waals surface area contributed by atoms with Gasteiger partial charge in [-0.15, -0.1) is 0 Å². The molecular formula is C15H12F3N3O. The molecule has 0 spiro atoms. The number of rotatable bonds is 2. The van der Waals surface area contributed by atoms with Crippen LogP contribution in [0.3, 0.4) is 0 Å². The van der Waals surface area contributed by atoms with Crippen LogP contribution in [0.4, 0.5) is 18.9 Å². The number of anilines is 1. The summed E-state index contributed by atoms with van der Waals surface area (Å²) in [5, 5.41) is 0. The van der Waals surface area contributed by atoms with E-state index in [-0.39, 0.29) is 5.69 Å². The molecule has 0 unspecified atom stereocenters. The van der Waals surface area contributed by atoms with Crippen LogP contribution < -0.4 is 10.5 Å². The highest BCUT2D eigenvalue weighted by molar-refractivity contribution is 5.68. The zero-order valence-electron chi connectivity index (χ0n) is 11.6. The summed E-state index contributed by atoms with van der Waals surface area (Å²) in [5.74, 6) is 0.623. The number of hydrogen-bond donors (Lipinski definition) is 1. The average Bonchev–Trinajstić information content (AvgIpc) is 2.89. The second-order valence-electron chi connectivity index (χ2n) is 4.74. The maximum Gasteiger partial charge on any atom is 0.418 e. The first kappa shape index (κ1) is 14.2. The standard InChI is InChI=1S/C15H12F3N3O/c1-22-10-4-5-21-13(8-20-14(21)7-10)9-2-3-12(19)11(6-9)15(16,17)18/h2-8H,19H2,1H3. The Hall–Kier alpha value is -2.70. The van der Waals surface area contributed by atoms with E-state index in [2.05, 4.69) is 4.98 Å². The summed E-state index contributed by atoms with van der Waals surface area (Å²) in [4.78, 5) is 4.19. The molecule has 4 nitrogen and oxygen atoms in total. The van der Waals surface area contributed by atoms with Crippen molar-refractivity contribution in [3.63, 3.8) is 0 Å². The second kappa shape index (κ2) is 4.94. The molecule has 2 aromatic heterocycles. The number of hydrogen-bond acceptors (Lipinski definition) is 3. The smallest absolute Gasteiger partial charge is 0.418 e. The lowest BCUT2D eigenvalue weighted by molar-refractivity contribution is -0.136. The second-order valence-corrected chi connectivity index (χ2v) is 4.74. The van der Waals surface area contributed by atoms with Crippen LogP contribution in [0.5, 0.6) is 5.75 Å². The third-order valence-corrected chi connectivity index (χ3v) is 3.37. The first-order valence-electron chi connectivity index (χ1n) is 6.38. The largest absolute Gasteiger partial charge is 0.497 e. The molecular weight excluding hydrogens is 295 g/mol. The first-order valence-corrected chi connectivity index (χ1v) is 6.38. The molecule has 0 aliphatic rings. The Bertz CT molecular complexity index is 840. The Morgan fingerprint density at radius 3 is 2.64 bits per heavy atom. The van der Waals surface area contributed by atoms with Gasteiger partial charge >= 0.3 is 6.18 Å². The Morgan fingerprint density at radius 1 is 1.18 bits per heavy atom. The highest BCUT2D eigenvalue weighted by atomic mass is 19.4. The van der Waals surface area contributed by atoms with Crippen molar-refractivity contribution in [2.24, 2.45) is 0 Å². The van der Waals surface area contributed by atoms with Crippen molar-refractivity contribution in [2.75, 3.05) is 12.8 Å². The summed E-state index contributed by atoms with van der Waals surface area (Å²) >= 11 is 0. The van der Waals surface area contributed by atoms with Crippen LogP contribution >= 0.6 is 0 Å². The van der Waals surface area contributed by atoms with Crippen molar-refractivity contribution in [2.45, 2.75) is 6.18 Å². The van der Waals surface area contributed by atoms with Gasteiger partial charge in [0.25, 0.3) is 0 Å². The average molecular weight is 307 g/mol. The quantitative estimate of drug-likeness (QED) is 0.736. The molecule has 0 fully saturated rings. The summed E-state index contributed by atoms with van der Waals surface area (Å²) in [6, 6.07) is 7.23. The van der Waals surface area contributed by atoms with E-state index >= 15 is 0 Å². The van der Waals surface area contributed by atoms with Crippen LogP contribution in [0.2, 0.25) is 0 Å². The predicted molar refractivity (Wildman–Crippen MR) is 76.6 cm³/mol. The molecule has 0 amide bonds. The number of imidazole rings is 1. The molecule has 0 radical (unpaired) electrons. The minimum atomic E-state index is -4.50. The zero-order chi connectivity index (χ0) is 15.9. The minimum Gasteiger partial charge on any atom is -0.497 e. The SMILES string of the molecule is COc1ccn2c(-c3ccc(N)c(C(F)(F)F)c3)cnc2c1. The third-order valence-electron chi connectivity index (χ3n) is 3.37. The van der Waals surface area contributed by atoms with Gasteiger partial charge < -0.3 is 10.5 Å². The van der Waals surface area contributed by atoms with Crippen LogP contribution in [-0.2, 0) is 6.18 Å². The van der Waals surface area contributed by atoms with E-state index in [0.717, 1.165) is 6.07 Å². The number of pyridine rings is 1. The summed E-state index contributed by atoms with van der Waals surface area (Å²) < 4.78 is 45.7. The zero-order valence-corrected chi connectivity index (χ0v) is 11.6. The summed E-state index contributed by atoms with van der Waals surface area (Å²) in [6.45, 7) is 0. The van der Waals surface area contributed by atoms with E-state index in [4.69, 9.17) is 10.5 Å². The Labute approximate surface area is 124 Å². The van der Waals surface area contributed by atoms with Crippen molar-refractivity contribution in [1.29, 1.82) is 0 Å². The minimum absolute atomic E-state index is 0.299. The summed E-state index contributed by atoms with van der Waals surface area (Å²) in [5.41, 5.74) is 5.78. The van der Waals surface area contributed by atoms with Crippen molar-refractivity contribution in [3.05, 3.63) is 48.3 Å². The number of nitrogens with two attached hydrogens (primary N) is 1. The van der Waals surface area contributed by atoms with E-state index in [1.165, 1.54) is 25.4 Å². The van der Waals surface area contributed by atoms with Crippen molar-refractivity contribution in [3.8, 4) is 17.0 Å². The number of benzene rings is 1. The first-order chi connectivity index (χ1) is 10.4. The number of fused-ring (bicyclic) bond motifs is 1. The number of nitrogen functional groups attached to an aromatic ring is 1. The molecule has 7 heteroatoms. The molecule has 0 bridgehead atoms. The topological polar surface area (TPSA) is 52.5 Å². The highest BCUT2D eigenvalue weighted by Crippen LogP contribution is 2.36. The fraction of sp³-hybridized carbons (Fsp3) is 0.133. The van der Waals surface area contributed by atoms with Crippen LogP contribution in [0, 0.1) is 0 Å². The molecule has 1 aromatic carbocycles. The molecule has 0 aliphatic carbocycles. The lowest BCUT2D eigenvalue weighted by Crippen LogP contribution is -2.09. The number of aromatic nitrogens is 2. The van der Waals surface area contributed by atoms with Gasteiger partial charge in [-0.05, 0) is 18.2 Å². The van der Waals surface area contributed by atoms with Gasteiger partial charge in [-0.3, -0.25) is 4.40 Å². The Morgan fingerprint density at radius 2 is 1.95 bits per heavy atom. The number of halogens is 3. The maximum absolute atomic E-state index is 13.0. The monoisotopic (exact) mass is 307 g/mol. The highest BCUT2D eigenvalue weighted by Gasteiger charge is 2.33. The normalized spacial score (nSPS) is 11.8. The molecule has 2 N–H and O–H groups in total. The maximum atomic E-state index is 13.0. The molecule has 114 valence electrons. The summed E-state index contributed by atoms with van der Waals surface area (Å²) in [7, 11) is 1.53. The Balaban J connectivity index is 2.16. The van der Waals surface area contributed by atoms with Crippen LogP contribution in [0.15, 0.2) is 42.7 Å². The van der Waals surface area contributed by atoms with E-state index in [1.54, 1.807) is 22.7 Å². The van der Waals surface area contributed by atoms with Crippen LogP contribution in [-0.4, -0.2) is 16.5 Å². The number of methoxy groups -OCH3 is 1. The lowest BCUT2D eigenvalue weighted by atomic mass is 10.1. The molecule has 2 heterocycles. The third kappa shape index (κ3) is 2.34. The molecule has 0 atom stereocenters. The van der Waals surface area contributed by atoms with Gasteiger partial charge in [0.05, 0.1) is 24.6 Å². The fourth-order valence-corrected chi connectivity index (χ4v) is 2.26. The van der Waals surface area contributed by atoms with E-state index in [1.807, 2.05) is 0 Å². The van der Waals surface area contributed by atoms with Crippen molar-refractivity contribution < 1.29 is 17.9 Å². The molecule has 22 heavy (non-hydrogen) atoms. The molecule has 0 aliphatic heterocycles. The number of alkyl halides is 3. The van der Waals surface area contributed by atoms with Gasteiger partial charge in [0.15, 0.2) is 0 Å². The van der Waals surface area contributed by atoms with Gasteiger partial charge in [0.2, 0.25) is 0 Å². The fourth-order valence-electron chi connectivity index (χ4n) is 2.26. The predicted octanol–water partition coefficient (Wildman–Crippen LogP) is 3.61. The lowest BCUT2D eigenvalue weighted by Gasteiger charge is -2.11. The molecule has 3 rings (SSSR count). The van der Waals surface area contributed by atoms with Gasteiger partial charge in [-0.1, -0.05) is 6.07 Å². The molecule has 3 aromatic rings. The Kier molecular flexibility index (Phi) is 3.20. The number of nitrogens with zero attached hydrogens (tertiary/aromatic N) is 2. The van der Waals surface area contributed by atoms with Crippen LogP contribution in [0.25, 0.3) is 16.9 Å². The van der Waals surface area contributed by atoms with E-state index in [9.17, 15) is 13.2 Å². The summed E-state index contributed by atoms with van der Waals surface area (Å²) in [6.07, 6.45) is -1.29. The van der Waals surface area contributed by atoms with Crippen LogP contribution in [0.1, 0.15) is 5.56 Å². The van der Waals surface area contributed by atoms with Gasteiger partial charge in [-0.25, -0.2) is 4.98 Å². The molecule has 0 saturated carbocycles. The van der Waals surface area contributed by atoms with Gasteiger partial charge in [-0.2, -0.15) is 13.2 Å².